The number of nitrogens with two attached hydrogens (primary N) is 1. The summed E-state index contributed by atoms with van der Waals surface area (Å²) < 4.78 is 23.9. The largest absolute Gasteiger partial charge is 0.326 e. The molecule has 2 N–H and O–H groups in total. The Labute approximate surface area is 108 Å². The van der Waals surface area contributed by atoms with E-state index in [9.17, 15) is 8.42 Å². The van der Waals surface area contributed by atoms with Gasteiger partial charge in [-0.15, -0.1) is 0 Å². The van der Waals surface area contributed by atoms with Gasteiger partial charge in [0.15, 0.2) is 9.84 Å². The summed E-state index contributed by atoms with van der Waals surface area (Å²) in [5, 5.41) is 0. The van der Waals surface area contributed by atoms with Crippen molar-refractivity contribution in [1.82, 2.24) is 0 Å². The predicted molar refractivity (Wildman–Crippen MR) is 74.0 cm³/mol. The second-order valence-electron chi connectivity index (χ2n) is 3.78. The van der Waals surface area contributed by atoms with Gasteiger partial charge >= 0.3 is 0 Å². The fourth-order valence-electron chi connectivity index (χ4n) is 1.37. The van der Waals surface area contributed by atoms with Gasteiger partial charge in [0, 0.05) is 12.3 Å². The van der Waals surface area contributed by atoms with Crippen LogP contribution in [-0.2, 0) is 16.4 Å². The van der Waals surface area contributed by atoms with Crippen LogP contribution in [-0.4, -0.2) is 25.7 Å². The van der Waals surface area contributed by atoms with Crippen molar-refractivity contribution in [2.24, 2.45) is 5.73 Å². The molecule has 0 fully saturated rings. The predicted octanol–water partition coefficient (Wildman–Crippen LogP) is 2.06. The van der Waals surface area contributed by atoms with Crippen LogP contribution in [0.4, 0.5) is 0 Å². The summed E-state index contributed by atoms with van der Waals surface area (Å²) in [6, 6.07) is 6.82. The molecule has 1 rings (SSSR count). The van der Waals surface area contributed by atoms with Crippen molar-refractivity contribution < 1.29 is 8.42 Å². The van der Waals surface area contributed by atoms with Gasteiger partial charge in [-0.2, -0.15) is 11.8 Å². The Balaban J connectivity index is 2.62. The van der Waals surface area contributed by atoms with Crippen LogP contribution in [0, 0.1) is 0 Å². The molecule has 0 aliphatic rings. The monoisotopic (exact) mass is 273 g/mol. The Bertz CT molecular complexity index is 426. The Kier molecular flexibility index (Phi) is 6.02. The van der Waals surface area contributed by atoms with E-state index in [1.807, 2.05) is 0 Å². The molecule has 17 heavy (non-hydrogen) atoms. The van der Waals surface area contributed by atoms with Gasteiger partial charge in [-0.05, 0) is 29.9 Å². The molecule has 1 aromatic rings. The van der Waals surface area contributed by atoms with E-state index in [2.05, 4.69) is 6.92 Å². The summed E-state index contributed by atoms with van der Waals surface area (Å²) in [7, 11) is -3.13. The van der Waals surface area contributed by atoms with E-state index in [0.717, 1.165) is 17.7 Å². The molecule has 1 aromatic carbocycles. The summed E-state index contributed by atoms with van der Waals surface area (Å²) in [6.07, 6.45) is 1.08. The van der Waals surface area contributed by atoms with E-state index >= 15 is 0 Å². The molecule has 0 unspecified atom stereocenters. The highest BCUT2D eigenvalue weighted by Crippen LogP contribution is 2.14. The van der Waals surface area contributed by atoms with Gasteiger partial charge in [0.05, 0.1) is 10.6 Å². The average Bonchev–Trinajstić information content (AvgIpc) is 2.35. The van der Waals surface area contributed by atoms with Crippen LogP contribution in [0.1, 0.15) is 18.9 Å². The maximum Gasteiger partial charge on any atom is 0.179 e. The lowest BCUT2D eigenvalue weighted by Crippen LogP contribution is -2.09. The molecule has 0 saturated carbocycles. The third-order valence-corrected chi connectivity index (χ3v) is 5.54. The van der Waals surface area contributed by atoms with Crippen LogP contribution < -0.4 is 5.73 Å². The molecule has 3 nitrogen and oxygen atoms in total. The average molecular weight is 273 g/mol. The van der Waals surface area contributed by atoms with Crippen molar-refractivity contribution in [3.63, 3.8) is 0 Å². The third kappa shape index (κ3) is 4.69. The van der Waals surface area contributed by atoms with Crippen LogP contribution in [0.3, 0.4) is 0 Å². The lowest BCUT2D eigenvalue weighted by atomic mass is 10.2. The van der Waals surface area contributed by atoms with Crippen molar-refractivity contribution in [2.45, 2.75) is 24.8 Å². The minimum atomic E-state index is -3.13. The molecule has 0 aliphatic carbocycles. The maximum atomic E-state index is 12.0. The Morgan fingerprint density at radius 3 is 2.35 bits per heavy atom. The van der Waals surface area contributed by atoms with Gasteiger partial charge < -0.3 is 5.73 Å². The van der Waals surface area contributed by atoms with Crippen molar-refractivity contribution in [2.75, 3.05) is 17.3 Å². The van der Waals surface area contributed by atoms with Crippen molar-refractivity contribution in [3.8, 4) is 0 Å². The third-order valence-electron chi connectivity index (χ3n) is 2.36. The van der Waals surface area contributed by atoms with Crippen LogP contribution in [0.5, 0.6) is 0 Å². The van der Waals surface area contributed by atoms with Crippen LogP contribution >= 0.6 is 11.8 Å². The first kappa shape index (κ1) is 14.5. The standard InChI is InChI=1S/C12H19NO2S2/c1-2-7-16-8-9-17(14,15)12-5-3-11(10-13)4-6-12/h3-6H,2,7-10,13H2,1H3. The molecule has 0 spiro atoms. The van der Waals surface area contributed by atoms with Gasteiger partial charge in [0.2, 0.25) is 0 Å². The summed E-state index contributed by atoms with van der Waals surface area (Å²) in [6.45, 7) is 2.53. The Morgan fingerprint density at radius 1 is 1.18 bits per heavy atom. The molecule has 0 bridgehead atoms. The molecule has 5 heteroatoms. The topological polar surface area (TPSA) is 60.2 Å². The summed E-state index contributed by atoms with van der Waals surface area (Å²) in [4.78, 5) is 0.395. The molecule has 0 radical (unpaired) electrons. The van der Waals surface area contributed by atoms with Gasteiger partial charge in [-0.1, -0.05) is 19.1 Å². The van der Waals surface area contributed by atoms with Crippen molar-refractivity contribution in [3.05, 3.63) is 29.8 Å². The van der Waals surface area contributed by atoms with Gasteiger partial charge in [0.25, 0.3) is 0 Å². The number of hydrogen-bond acceptors (Lipinski definition) is 4. The van der Waals surface area contributed by atoms with E-state index < -0.39 is 9.84 Å². The lowest BCUT2D eigenvalue weighted by molar-refractivity contribution is 0.597. The van der Waals surface area contributed by atoms with E-state index in [1.165, 1.54) is 0 Å². The molecule has 96 valence electrons. The lowest BCUT2D eigenvalue weighted by Gasteiger charge is -2.05. The quantitative estimate of drug-likeness (QED) is 0.773. The van der Waals surface area contributed by atoms with Gasteiger partial charge in [-0.25, -0.2) is 8.42 Å². The second-order valence-corrected chi connectivity index (χ2v) is 7.11. The minimum Gasteiger partial charge on any atom is -0.326 e. The highest BCUT2D eigenvalue weighted by Gasteiger charge is 2.13. The second kappa shape index (κ2) is 7.03. The minimum absolute atomic E-state index is 0.208. The zero-order valence-electron chi connectivity index (χ0n) is 10.1. The fourth-order valence-corrected chi connectivity index (χ4v) is 3.99. The highest BCUT2D eigenvalue weighted by atomic mass is 32.2. The van der Waals surface area contributed by atoms with Gasteiger partial charge in [-0.3, -0.25) is 0 Å². The zero-order valence-corrected chi connectivity index (χ0v) is 11.7. The summed E-state index contributed by atoms with van der Waals surface area (Å²) in [5.41, 5.74) is 6.42. The van der Waals surface area contributed by atoms with E-state index in [0.29, 0.717) is 17.2 Å². The maximum absolute atomic E-state index is 12.0. The number of thioether (sulfide) groups is 1. The Hall–Kier alpha value is -0.520. The van der Waals surface area contributed by atoms with Crippen LogP contribution in [0.25, 0.3) is 0 Å². The SMILES string of the molecule is CCCSCCS(=O)(=O)c1ccc(CN)cc1. The van der Waals surface area contributed by atoms with E-state index in [-0.39, 0.29) is 5.75 Å². The van der Waals surface area contributed by atoms with Crippen LogP contribution in [0.15, 0.2) is 29.2 Å². The number of rotatable bonds is 7. The number of sulfone groups is 1. The molecule has 0 atom stereocenters. The van der Waals surface area contributed by atoms with Crippen molar-refractivity contribution >= 4 is 21.6 Å². The molecule has 0 amide bonds. The zero-order chi connectivity index (χ0) is 12.7. The molecule has 0 heterocycles. The fraction of sp³-hybridized carbons (Fsp3) is 0.500. The first-order valence-corrected chi connectivity index (χ1v) is 8.50. The van der Waals surface area contributed by atoms with Gasteiger partial charge in [0.1, 0.15) is 0 Å². The highest BCUT2D eigenvalue weighted by molar-refractivity contribution is 8.00. The summed E-state index contributed by atoms with van der Waals surface area (Å²) >= 11 is 1.68. The molecule has 0 aromatic heterocycles. The normalized spacial score (nSPS) is 11.6. The first-order valence-electron chi connectivity index (χ1n) is 5.69. The Morgan fingerprint density at radius 2 is 1.82 bits per heavy atom. The molecular weight excluding hydrogens is 254 g/mol. The molecule has 0 saturated heterocycles. The molecular formula is C12H19NO2S2. The van der Waals surface area contributed by atoms with E-state index in [1.54, 1.807) is 36.0 Å². The smallest absolute Gasteiger partial charge is 0.179 e. The molecule has 0 aliphatic heterocycles. The number of benzene rings is 1. The van der Waals surface area contributed by atoms with E-state index in [4.69, 9.17) is 5.73 Å². The first-order chi connectivity index (χ1) is 8.10. The van der Waals surface area contributed by atoms with Crippen LogP contribution in [0.2, 0.25) is 0 Å². The van der Waals surface area contributed by atoms with Crippen molar-refractivity contribution in [1.29, 1.82) is 0 Å². The number of hydrogen-bond donors (Lipinski definition) is 1. The summed E-state index contributed by atoms with van der Waals surface area (Å²) in [5.74, 6) is 1.89.